The molecule has 59 heavy (non-hydrogen) atoms. The number of phenols is 1. The van der Waals surface area contributed by atoms with E-state index in [1.807, 2.05) is 38.4 Å². The second-order valence-corrected chi connectivity index (χ2v) is 14.3. The van der Waals surface area contributed by atoms with Crippen LogP contribution in [0.3, 0.4) is 0 Å². The molecule has 302 valence electrons. The summed E-state index contributed by atoms with van der Waals surface area (Å²) < 4.78 is 25.4. The minimum Gasteiger partial charge on any atom is -0.508 e. The zero-order valence-corrected chi connectivity index (χ0v) is 32.2. The van der Waals surface area contributed by atoms with Gasteiger partial charge in [-0.15, -0.1) is 0 Å². The molecule has 2 aliphatic rings. The molecule has 0 spiro atoms. The first-order chi connectivity index (χ1) is 28.8. The summed E-state index contributed by atoms with van der Waals surface area (Å²) in [6, 6.07) is 13.9. The number of ether oxygens (including phenoxy) is 4. The van der Waals surface area contributed by atoms with Gasteiger partial charge in [0.2, 0.25) is 13.6 Å². The largest absolute Gasteiger partial charge is 0.508 e. The lowest BCUT2D eigenvalue weighted by molar-refractivity contribution is 0.173. The van der Waals surface area contributed by atoms with E-state index in [0.29, 0.717) is 98.4 Å². The fraction of sp³-hybridized carbons (Fsp3) is 0.256. The second kappa shape index (κ2) is 15.3. The lowest BCUT2D eigenvalue weighted by atomic mass is 9.98. The Morgan fingerprint density at radius 1 is 0.542 bits per heavy atom. The molecule has 0 saturated heterocycles. The number of hydrogen-bond acceptors (Lipinski definition) is 14. The van der Waals surface area contributed by atoms with Gasteiger partial charge in [-0.25, -0.2) is 0 Å². The van der Waals surface area contributed by atoms with Gasteiger partial charge in [-0.05, 0) is 72.4 Å². The molecule has 16 heteroatoms. The molecule has 6 N–H and O–H groups in total. The smallest absolute Gasteiger partial charge is 0.259 e. The van der Waals surface area contributed by atoms with E-state index < -0.39 is 0 Å². The molecule has 8 aromatic rings. The van der Waals surface area contributed by atoms with Crippen molar-refractivity contribution in [2.24, 2.45) is 0 Å². The molecule has 0 fully saturated rings. The molecule has 2 aliphatic heterocycles. The zero-order valence-electron chi connectivity index (χ0n) is 32.2. The molecular formula is C43H40N6O10. The van der Waals surface area contributed by atoms with Crippen molar-refractivity contribution in [3.63, 3.8) is 0 Å². The van der Waals surface area contributed by atoms with Crippen molar-refractivity contribution >= 4 is 65.2 Å². The van der Waals surface area contributed by atoms with Crippen LogP contribution < -0.4 is 40.7 Å². The highest BCUT2D eigenvalue weighted by molar-refractivity contribution is 6.16. The van der Waals surface area contributed by atoms with Crippen LogP contribution in [0, 0.1) is 0 Å². The number of pyridine rings is 4. The normalized spacial score (nSPS) is 13.0. The third-order valence-electron chi connectivity index (χ3n) is 11.0. The van der Waals surface area contributed by atoms with Crippen molar-refractivity contribution < 1.29 is 39.4 Å². The molecule has 0 amide bonds. The minimum absolute atomic E-state index is 0.103. The number of aromatic hydroxyl groups is 1. The molecule has 0 aliphatic carbocycles. The number of rotatable bonds is 9. The lowest BCUT2D eigenvalue weighted by Gasteiger charge is -2.17. The Kier molecular flexibility index (Phi) is 9.86. The van der Waals surface area contributed by atoms with E-state index in [2.05, 4.69) is 20.6 Å². The van der Waals surface area contributed by atoms with E-state index in [9.17, 15) is 30.0 Å². The van der Waals surface area contributed by atoms with Gasteiger partial charge < -0.3 is 59.1 Å². The van der Waals surface area contributed by atoms with Gasteiger partial charge in [-0.1, -0.05) is 0 Å². The van der Waals surface area contributed by atoms with Gasteiger partial charge in [0.25, 0.3) is 11.1 Å². The van der Waals surface area contributed by atoms with Crippen LogP contribution in [0.15, 0.2) is 70.5 Å². The molecule has 0 unspecified atom stereocenters. The Hall–Kier alpha value is -6.56. The average Bonchev–Trinajstić information content (AvgIpc) is 3.93. The summed E-state index contributed by atoms with van der Waals surface area (Å²) in [4.78, 5) is 36.1. The minimum atomic E-state index is -0.328. The van der Waals surface area contributed by atoms with Gasteiger partial charge in [0, 0.05) is 83.2 Å². The number of hydrogen-bond donors (Lipinski definition) is 6. The zero-order chi connectivity index (χ0) is 40.9. The first-order valence-electron chi connectivity index (χ1n) is 19.0. The fourth-order valence-corrected chi connectivity index (χ4v) is 8.02. The van der Waals surface area contributed by atoms with Crippen LogP contribution in [-0.4, -0.2) is 80.3 Å². The van der Waals surface area contributed by atoms with Gasteiger partial charge in [0.1, 0.15) is 5.75 Å². The topological polar surface area (TPSA) is 212 Å². The molecule has 0 radical (unpaired) electrons. The Bertz CT molecular complexity index is 3130. The first-order valence-corrected chi connectivity index (χ1v) is 19.0. The Morgan fingerprint density at radius 2 is 0.949 bits per heavy atom. The van der Waals surface area contributed by atoms with Crippen LogP contribution in [0.4, 0.5) is 0 Å². The maximum atomic E-state index is 13.5. The quantitative estimate of drug-likeness (QED) is 0.116. The standard InChI is InChI=1S/C22H21N3O5.C21H19N3O5/c1-23-2-3-25-21-16-6-19-20(30-11-29-19)7-18(16)24-8-17(21)14-4-12(9-26)13(10-27)5-15(14)22(25)28;1-22-2-3-24-20-14-6-18-19(29-10-28-18)7-16(14)23-8-15(20)12-4-11(9-25)17(26)5-13(12)21(24)27/h4-8,23,26-27H,2-3,9-11H2,1H3;4-8,22,25-26H,2-3,9-10H2,1H3. The molecule has 4 aromatic carbocycles. The average molecular weight is 801 g/mol. The Labute approximate surface area is 334 Å². The summed E-state index contributed by atoms with van der Waals surface area (Å²) >= 11 is 0. The van der Waals surface area contributed by atoms with Crippen LogP contribution >= 0.6 is 0 Å². The van der Waals surface area contributed by atoms with Gasteiger partial charge in [-0.3, -0.25) is 19.6 Å². The van der Waals surface area contributed by atoms with E-state index in [0.717, 1.165) is 32.6 Å². The molecule has 16 nitrogen and oxygen atoms in total. The van der Waals surface area contributed by atoms with E-state index in [4.69, 9.17) is 18.9 Å². The number of likely N-dealkylation sites (N-methyl/N-ethyl adjacent to an activating group) is 2. The molecule has 0 saturated carbocycles. The summed E-state index contributed by atoms with van der Waals surface area (Å²) in [5, 5.41) is 50.7. The van der Waals surface area contributed by atoms with E-state index >= 15 is 0 Å². The van der Waals surface area contributed by atoms with Crippen LogP contribution in [0.5, 0.6) is 28.7 Å². The number of aliphatic hydroxyl groups excluding tert-OH is 3. The number of fused-ring (bicyclic) bond motifs is 12. The third kappa shape index (κ3) is 6.29. The molecular weight excluding hydrogens is 761 g/mol. The number of nitrogens with one attached hydrogen (secondary N) is 2. The van der Waals surface area contributed by atoms with Gasteiger partial charge in [-0.2, -0.15) is 0 Å². The van der Waals surface area contributed by atoms with Crippen LogP contribution in [0.1, 0.15) is 16.7 Å². The number of aliphatic hydroxyl groups is 3. The van der Waals surface area contributed by atoms with Crippen molar-refractivity contribution in [2.45, 2.75) is 32.9 Å². The molecule has 4 aromatic heterocycles. The molecule has 10 rings (SSSR count). The van der Waals surface area contributed by atoms with Crippen molar-refractivity contribution in [3.8, 4) is 28.7 Å². The summed E-state index contributed by atoms with van der Waals surface area (Å²) in [6.07, 6.45) is 3.47. The predicted molar refractivity (Wildman–Crippen MR) is 222 cm³/mol. The van der Waals surface area contributed by atoms with Crippen molar-refractivity contribution in [2.75, 3.05) is 40.8 Å². The van der Waals surface area contributed by atoms with Gasteiger partial charge >= 0.3 is 0 Å². The highest BCUT2D eigenvalue weighted by atomic mass is 16.7. The highest BCUT2D eigenvalue weighted by Crippen LogP contribution is 2.40. The fourth-order valence-electron chi connectivity index (χ4n) is 8.02. The van der Waals surface area contributed by atoms with Gasteiger partial charge in [0.05, 0.1) is 47.3 Å². The van der Waals surface area contributed by atoms with Crippen molar-refractivity contribution in [1.29, 1.82) is 0 Å². The number of aromatic nitrogens is 4. The van der Waals surface area contributed by atoms with E-state index in [1.54, 1.807) is 39.7 Å². The summed E-state index contributed by atoms with van der Waals surface area (Å²) in [7, 11) is 3.66. The van der Waals surface area contributed by atoms with E-state index in [1.165, 1.54) is 6.07 Å². The summed E-state index contributed by atoms with van der Waals surface area (Å²) in [5.74, 6) is 2.39. The summed E-state index contributed by atoms with van der Waals surface area (Å²) in [5.41, 5.74) is 4.00. The van der Waals surface area contributed by atoms with Crippen LogP contribution in [0.2, 0.25) is 0 Å². The van der Waals surface area contributed by atoms with Gasteiger partial charge in [0.15, 0.2) is 23.0 Å². The SMILES string of the molecule is CNCCn1c(=O)c2cc(CO)c(CO)cc2c2cnc3cc4c(cc3c21)OCO4.CNCCn1c(=O)c2cc(O)c(CO)cc2c2cnc3cc4c(cc3c21)OCO4. The van der Waals surface area contributed by atoms with Crippen LogP contribution in [-0.2, 0) is 32.9 Å². The van der Waals surface area contributed by atoms with Crippen molar-refractivity contribution in [1.82, 2.24) is 29.7 Å². The predicted octanol–water partition coefficient (Wildman–Crippen LogP) is 3.48. The van der Waals surface area contributed by atoms with Crippen LogP contribution in [0.25, 0.3) is 65.2 Å². The van der Waals surface area contributed by atoms with E-state index in [-0.39, 0.29) is 50.3 Å². The third-order valence-corrected chi connectivity index (χ3v) is 11.0. The second-order valence-electron chi connectivity index (χ2n) is 14.3. The van der Waals surface area contributed by atoms with Crippen molar-refractivity contribution in [3.05, 3.63) is 98.3 Å². The Balaban J connectivity index is 0.000000152. The molecule has 6 heterocycles. The number of benzene rings is 4. The first kappa shape index (κ1) is 38.0. The maximum absolute atomic E-state index is 13.5. The number of nitrogens with zero attached hydrogens (tertiary/aromatic N) is 4. The Morgan fingerprint density at radius 3 is 1.39 bits per heavy atom. The monoisotopic (exact) mass is 800 g/mol. The highest BCUT2D eigenvalue weighted by Gasteiger charge is 2.22. The summed E-state index contributed by atoms with van der Waals surface area (Å²) in [6.45, 7) is 1.61. The lowest BCUT2D eigenvalue weighted by Crippen LogP contribution is -2.26. The maximum Gasteiger partial charge on any atom is 0.259 e. The molecule has 0 atom stereocenters. The molecule has 0 bridgehead atoms.